The molecule has 0 spiro atoms. The van der Waals surface area contributed by atoms with Crippen LogP contribution in [0.15, 0.2) is 59.8 Å². The third-order valence-electron chi connectivity index (χ3n) is 4.09. The van der Waals surface area contributed by atoms with Crippen molar-refractivity contribution in [3.8, 4) is 11.4 Å². The molecule has 1 aliphatic heterocycles. The van der Waals surface area contributed by atoms with Crippen molar-refractivity contribution in [1.82, 2.24) is 14.8 Å². The number of thioether (sulfide) groups is 1. The van der Waals surface area contributed by atoms with Gasteiger partial charge in [-0.3, -0.25) is 0 Å². The Bertz CT molecular complexity index is 799. The van der Waals surface area contributed by atoms with Crippen molar-refractivity contribution in [3.63, 3.8) is 0 Å². The predicted octanol–water partition coefficient (Wildman–Crippen LogP) is 4.71. The highest BCUT2D eigenvalue weighted by Crippen LogP contribution is 2.41. The number of benzene rings is 2. The van der Waals surface area contributed by atoms with Crippen LogP contribution in [0.5, 0.6) is 0 Å². The Hall–Kier alpha value is -2.14. The van der Waals surface area contributed by atoms with Crippen LogP contribution in [-0.2, 0) is 6.54 Å². The molecule has 1 unspecified atom stereocenters. The van der Waals surface area contributed by atoms with E-state index >= 15 is 0 Å². The minimum Gasteiger partial charge on any atom is -0.302 e. The first-order chi connectivity index (χ1) is 11.3. The second-order valence-electron chi connectivity index (χ2n) is 5.62. The highest BCUT2D eigenvalue weighted by atomic mass is 32.2. The van der Waals surface area contributed by atoms with Gasteiger partial charge in [-0.1, -0.05) is 42.1 Å². The summed E-state index contributed by atoms with van der Waals surface area (Å²) < 4.78 is 15.3. The topological polar surface area (TPSA) is 30.7 Å². The summed E-state index contributed by atoms with van der Waals surface area (Å²) in [6, 6.07) is 17.0. The van der Waals surface area contributed by atoms with Gasteiger partial charge in [-0.15, -0.1) is 10.2 Å². The van der Waals surface area contributed by atoms with E-state index in [4.69, 9.17) is 0 Å². The van der Waals surface area contributed by atoms with Gasteiger partial charge < -0.3 is 4.57 Å². The molecule has 1 aromatic heterocycles. The lowest BCUT2D eigenvalue weighted by atomic mass is 10.1. The van der Waals surface area contributed by atoms with E-state index < -0.39 is 0 Å². The number of halogens is 1. The van der Waals surface area contributed by atoms with Gasteiger partial charge in [0.1, 0.15) is 5.82 Å². The summed E-state index contributed by atoms with van der Waals surface area (Å²) >= 11 is 1.76. The van der Waals surface area contributed by atoms with Gasteiger partial charge in [-0.2, -0.15) is 0 Å². The number of fused-ring (bicyclic) bond motifs is 1. The molecular formula is C18H16FN3S. The summed E-state index contributed by atoms with van der Waals surface area (Å²) in [4.78, 5) is 0. The molecule has 4 rings (SSSR count). The van der Waals surface area contributed by atoms with E-state index in [-0.39, 0.29) is 5.82 Å². The van der Waals surface area contributed by atoms with Gasteiger partial charge in [0.2, 0.25) is 0 Å². The fourth-order valence-electron chi connectivity index (χ4n) is 2.91. The molecule has 0 N–H and O–H groups in total. The Morgan fingerprint density at radius 2 is 1.78 bits per heavy atom. The summed E-state index contributed by atoms with van der Waals surface area (Å²) in [6.07, 6.45) is 2.19. The van der Waals surface area contributed by atoms with E-state index in [0.29, 0.717) is 5.25 Å². The minimum absolute atomic E-state index is 0.233. The predicted molar refractivity (Wildman–Crippen MR) is 89.7 cm³/mol. The number of aromatic nitrogens is 3. The van der Waals surface area contributed by atoms with Gasteiger partial charge in [-0.25, -0.2) is 4.39 Å². The van der Waals surface area contributed by atoms with Crippen LogP contribution in [0.1, 0.15) is 23.7 Å². The van der Waals surface area contributed by atoms with Crippen LogP contribution in [0.4, 0.5) is 4.39 Å². The van der Waals surface area contributed by atoms with Gasteiger partial charge in [0, 0.05) is 17.4 Å². The van der Waals surface area contributed by atoms with Crippen molar-refractivity contribution < 1.29 is 4.39 Å². The lowest BCUT2D eigenvalue weighted by Gasteiger charge is -2.12. The molecule has 0 bridgehead atoms. The van der Waals surface area contributed by atoms with Crippen molar-refractivity contribution >= 4 is 11.8 Å². The SMILES string of the molecule is Fc1ccc(-c2nnc3n2CCCC(c2ccccc2)S3)cc1. The highest BCUT2D eigenvalue weighted by molar-refractivity contribution is 7.99. The van der Waals surface area contributed by atoms with Gasteiger partial charge in [-0.05, 0) is 42.7 Å². The zero-order chi connectivity index (χ0) is 15.6. The quantitative estimate of drug-likeness (QED) is 0.683. The van der Waals surface area contributed by atoms with Gasteiger partial charge in [0.05, 0.1) is 0 Å². The molecule has 3 aromatic rings. The van der Waals surface area contributed by atoms with Crippen LogP contribution in [0.3, 0.4) is 0 Å². The summed E-state index contributed by atoms with van der Waals surface area (Å²) in [5.74, 6) is 0.587. The summed E-state index contributed by atoms with van der Waals surface area (Å²) in [6.45, 7) is 0.894. The molecule has 5 heteroatoms. The molecular weight excluding hydrogens is 309 g/mol. The van der Waals surface area contributed by atoms with E-state index in [1.807, 2.05) is 6.07 Å². The van der Waals surface area contributed by atoms with Crippen LogP contribution in [-0.4, -0.2) is 14.8 Å². The minimum atomic E-state index is -0.233. The van der Waals surface area contributed by atoms with E-state index in [1.54, 1.807) is 23.9 Å². The number of nitrogens with zero attached hydrogens (tertiary/aromatic N) is 3. The number of hydrogen-bond acceptors (Lipinski definition) is 3. The summed E-state index contributed by atoms with van der Waals surface area (Å²) in [5, 5.41) is 10.1. The Balaban J connectivity index is 1.67. The Kier molecular flexibility index (Phi) is 3.87. The van der Waals surface area contributed by atoms with Crippen LogP contribution in [0.2, 0.25) is 0 Å². The zero-order valence-corrected chi connectivity index (χ0v) is 13.3. The number of rotatable bonds is 2. The monoisotopic (exact) mass is 325 g/mol. The van der Waals surface area contributed by atoms with E-state index in [2.05, 4.69) is 39.0 Å². The molecule has 0 saturated heterocycles. The molecule has 1 aliphatic rings. The van der Waals surface area contributed by atoms with E-state index in [9.17, 15) is 4.39 Å². The van der Waals surface area contributed by atoms with Gasteiger partial charge in [0.25, 0.3) is 0 Å². The Morgan fingerprint density at radius 3 is 2.57 bits per heavy atom. The van der Waals surface area contributed by atoms with Gasteiger partial charge in [0.15, 0.2) is 11.0 Å². The maximum absolute atomic E-state index is 13.1. The van der Waals surface area contributed by atoms with E-state index in [0.717, 1.165) is 35.9 Å². The molecule has 0 saturated carbocycles. The van der Waals surface area contributed by atoms with Crippen molar-refractivity contribution in [2.75, 3.05) is 0 Å². The fraction of sp³-hybridized carbons (Fsp3) is 0.222. The lowest BCUT2D eigenvalue weighted by molar-refractivity contribution is 0.590. The average molecular weight is 325 g/mol. The number of hydrogen-bond donors (Lipinski definition) is 0. The third kappa shape index (κ3) is 2.88. The van der Waals surface area contributed by atoms with Crippen molar-refractivity contribution in [2.24, 2.45) is 0 Å². The van der Waals surface area contributed by atoms with Crippen LogP contribution < -0.4 is 0 Å². The first kappa shape index (κ1) is 14.5. The standard InChI is InChI=1S/C18H16FN3S/c19-15-10-8-14(9-11-15)17-20-21-18-22(17)12-4-7-16(23-18)13-5-2-1-3-6-13/h1-3,5-6,8-11,16H,4,7,12H2. The summed E-state index contributed by atoms with van der Waals surface area (Å²) in [7, 11) is 0. The lowest BCUT2D eigenvalue weighted by Crippen LogP contribution is -2.00. The summed E-state index contributed by atoms with van der Waals surface area (Å²) in [5.41, 5.74) is 2.24. The molecule has 23 heavy (non-hydrogen) atoms. The first-order valence-electron chi connectivity index (χ1n) is 7.72. The Labute approximate surface area is 138 Å². The normalized spacial score (nSPS) is 17.5. The van der Waals surface area contributed by atoms with Crippen molar-refractivity contribution in [1.29, 1.82) is 0 Å². The van der Waals surface area contributed by atoms with Crippen molar-refractivity contribution in [2.45, 2.75) is 29.8 Å². The van der Waals surface area contributed by atoms with Crippen LogP contribution in [0, 0.1) is 5.82 Å². The molecule has 0 fully saturated rings. The van der Waals surface area contributed by atoms with E-state index in [1.165, 1.54) is 17.7 Å². The maximum atomic E-state index is 13.1. The fourth-order valence-corrected chi connectivity index (χ4v) is 4.14. The molecule has 2 heterocycles. The third-order valence-corrected chi connectivity index (χ3v) is 5.39. The smallest absolute Gasteiger partial charge is 0.192 e. The molecule has 0 aliphatic carbocycles. The molecule has 3 nitrogen and oxygen atoms in total. The second-order valence-corrected chi connectivity index (χ2v) is 6.79. The molecule has 0 amide bonds. The molecule has 1 atom stereocenters. The second kappa shape index (κ2) is 6.16. The Morgan fingerprint density at radius 1 is 1.00 bits per heavy atom. The molecule has 0 radical (unpaired) electrons. The van der Waals surface area contributed by atoms with Gasteiger partial charge >= 0.3 is 0 Å². The zero-order valence-electron chi connectivity index (χ0n) is 12.5. The molecule has 116 valence electrons. The highest BCUT2D eigenvalue weighted by Gasteiger charge is 2.23. The first-order valence-corrected chi connectivity index (χ1v) is 8.60. The van der Waals surface area contributed by atoms with Crippen LogP contribution in [0.25, 0.3) is 11.4 Å². The molecule has 2 aromatic carbocycles. The average Bonchev–Trinajstić information content (AvgIpc) is 2.86. The van der Waals surface area contributed by atoms with Crippen LogP contribution >= 0.6 is 11.8 Å². The largest absolute Gasteiger partial charge is 0.302 e. The maximum Gasteiger partial charge on any atom is 0.192 e. The van der Waals surface area contributed by atoms with Crippen molar-refractivity contribution in [3.05, 3.63) is 66.0 Å².